The summed E-state index contributed by atoms with van der Waals surface area (Å²) >= 11 is 6.20. The topological polar surface area (TPSA) is 75.2 Å². The van der Waals surface area contributed by atoms with E-state index in [-0.39, 0.29) is 11.0 Å². The van der Waals surface area contributed by atoms with Crippen LogP contribution in [-0.2, 0) is 13.5 Å². The fraction of sp³-hybridized carbons (Fsp3) is 0.611. The van der Waals surface area contributed by atoms with Crippen LogP contribution in [-0.4, -0.2) is 40.1 Å². The van der Waals surface area contributed by atoms with E-state index < -0.39 is 0 Å². The van der Waals surface area contributed by atoms with Gasteiger partial charge in [0.15, 0.2) is 5.75 Å². The third-order valence-electron chi connectivity index (χ3n) is 4.87. The van der Waals surface area contributed by atoms with E-state index in [4.69, 9.17) is 16.0 Å². The van der Waals surface area contributed by atoms with Crippen molar-refractivity contribution in [1.29, 1.82) is 0 Å². The lowest BCUT2D eigenvalue weighted by atomic mass is 9.97. The number of hydrogen-bond donors (Lipinski definition) is 3. The molecule has 6 nitrogen and oxygen atoms in total. The first kappa shape index (κ1) is 18.3. The summed E-state index contributed by atoms with van der Waals surface area (Å²) in [5.74, 6) is 0.908. The van der Waals surface area contributed by atoms with Crippen LogP contribution in [0.2, 0.25) is 5.22 Å². The van der Waals surface area contributed by atoms with E-state index in [2.05, 4.69) is 22.7 Å². The molecule has 1 fully saturated rings. The van der Waals surface area contributed by atoms with Gasteiger partial charge in [0.2, 0.25) is 5.22 Å². The van der Waals surface area contributed by atoms with Gasteiger partial charge in [-0.3, -0.25) is 4.68 Å². The first-order chi connectivity index (χ1) is 12.1. The molecule has 2 atom stereocenters. The van der Waals surface area contributed by atoms with Gasteiger partial charge in [0.1, 0.15) is 11.5 Å². The summed E-state index contributed by atoms with van der Waals surface area (Å²) < 4.78 is 7.24. The summed E-state index contributed by atoms with van der Waals surface area (Å²) in [7, 11) is 1.77. The number of halogens is 1. The summed E-state index contributed by atoms with van der Waals surface area (Å²) in [6, 6.07) is 3.08. The Hall–Kier alpha value is -1.50. The smallest absolute Gasteiger partial charge is 0.202 e. The third-order valence-corrected chi connectivity index (χ3v) is 5.15. The Morgan fingerprint density at radius 1 is 1.48 bits per heavy atom. The molecular formula is C18H27ClN4O2. The van der Waals surface area contributed by atoms with E-state index in [1.165, 1.54) is 31.9 Å². The molecule has 1 saturated heterocycles. The first-order valence-corrected chi connectivity index (χ1v) is 9.42. The van der Waals surface area contributed by atoms with E-state index in [9.17, 15) is 5.11 Å². The molecule has 0 aromatic carbocycles. The van der Waals surface area contributed by atoms with Gasteiger partial charge < -0.3 is 20.2 Å². The Morgan fingerprint density at radius 3 is 2.96 bits per heavy atom. The lowest BCUT2D eigenvalue weighted by Gasteiger charge is -2.30. The molecule has 1 aliphatic rings. The zero-order valence-electron chi connectivity index (χ0n) is 14.9. The van der Waals surface area contributed by atoms with E-state index in [0.717, 1.165) is 25.3 Å². The van der Waals surface area contributed by atoms with Gasteiger partial charge in [-0.2, -0.15) is 5.10 Å². The molecule has 3 rings (SSSR count). The van der Waals surface area contributed by atoms with Crippen molar-refractivity contribution in [1.82, 2.24) is 20.4 Å². The summed E-state index contributed by atoms with van der Waals surface area (Å²) in [5.41, 5.74) is 1.25. The van der Waals surface area contributed by atoms with Gasteiger partial charge in [-0.05, 0) is 36.9 Å². The Bertz CT molecular complexity index is 670. The van der Waals surface area contributed by atoms with E-state index in [1.54, 1.807) is 11.7 Å². The minimum Gasteiger partial charge on any atom is -0.504 e. The van der Waals surface area contributed by atoms with Gasteiger partial charge in [-0.25, -0.2) is 0 Å². The molecule has 1 aliphatic heterocycles. The number of aromatic nitrogens is 2. The monoisotopic (exact) mass is 366 g/mol. The fourth-order valence-corrected chi connectivity index (χ4v) is 3.77. The third kappa shape index (κ3) is 4.37. The van der Waals surface area contributed by atoms with Crippen LogP contribution < -0.4 is 10.6 Å². The van der Waals surface area contributed by atoms with Crippen molar-refractivity contribution in [2.45, 2.75) is 51.1 Å². The zero-order chi connectivity index (χ0) is 17.8. The van der Waals surface area contributed by atoms with Crippen LogP contribution in [0.1, 0.15) is 38.4 Å². The first-order valence-electron chi connectivity index (χ1n) is 9.04. The number of aromatic hydroxyl groups is 1. The predicted octanol–water partition coefficient (Wildman–Crippen LogP) is 3.09. The molecule has 0 amide bonds. The largest absolute Gasteiger partial charge is 0.504 e. The van der Waals surface area contributed by atoms with Crippen LogP contribution in [0, 0.1) is 0 Å². The van der Waals surface area contributed by atoms with Gasteiger partial charge in [0.05, 0.1) is 11.8 Å². The molecule has 0 aliphatic carbocycles. The lowest BCUT2D eigenvalue weighted by Crippen LogP contribution is -2.48. The maximum atomic E-state index is 9.92. The molecule has 0 radical (unpaired) electrons. The number of piperidine rings is 1. The van der Waals surface area contributed by atoms with Crippen LogP contribution >= 0.6 is 11.6 Å². The lowest BCUT2D eigenvalue weighted by molar-refractivity contribution is 0.313. The molecule has 0 spiro atoms. The highest BCUT2D eigenvalue weighted by Crippen LogP contribution is 2.36. The molecule has 7 heteroatoms. The second-order valence-electron chi connectivity index (χ2n) is 6.77. The number of aryl methyl sites for hydroxylation is 1. The fourth-order valence-electron chi connectivity index (χ4n) is 3.52. The molecule has 0 bridgehead atoms. The average molecular weight is 367 g/mol. The van der Waals surface area contributed by atoms with Gasteiger partial charge in [0.25, 0.3) is 0 Å². The molecule has 2 aromatic rings. The Kier molecular flexibility index (Phi) is 6.04. The highest BCUT2D eigenvalue weighted by Gasteiger charge is 2.20. The van der Waals surface area contributed by atoms with E-state index >= 15 is 0 Å². The van der Waals surface area contributed by atoms with Crippen LogP contribution in [0.15, 0.2) is 16.7 Å². The maximum absolute atomic E-state index is 9.92. The second kappa shape index (κ2) is 8.25. The Morgan fingerprint density at radius 2 is 2.32 bits per heavy atom. The minimum atomic E-state index is 0.102. The maximum Gasteiger partial charge on any atom is 0.202 e. The number of nitrogens with zero attached hydrogens (tertiary/aromatic N) is 2. The minimum absolute atomic E-state index is 0.102. The van der Waals surface area contributed by atoms with E-state index in [0.29, 0.717) is 23.3 Å². The molecule has 3 heterocycles. The van der Waals surface area contributed by atoms with Crippen molar-refractivity contribution in [3.63, 3.8) is 0 Å². The molecule has 25 heavy (non-hydrogen) atoms. The van der Waals surface area contributed by atoms with Crippen molar-refractivity contribution < 1.29 is 9.52 Å². The summed E-state index contributed by atoms with van der Waals surface area (Å²) in [4.78, 5) is 0. The van der Waals surface area contributed by atoms with Gasteiger partial charge in [0, 0.05) is 38.6 Å². The molecule has 2 unspecified atom stereocenters. The quantitative estimate of drug-likeness (QED) is 0.702. The van der Waals surface area contributed by atoms with Gasteiger partial charge in [-0.15, -0.1) is 0 Å². The highest BCUT2D eigenvalue weighted by atomic mass is 35.5. The van der Waals surface area contributed by atoms with Crippen LogP contribution in [0.4, 0.5) is 0 Å². The predicted molar refractivity (Wildman–Crippen MR) is 99.0 cm³/mol. The van der Waals surface area contributed by atoms with Gasteiger partial charge in [-0.1, -0.05) is 13.3 Å². The second-order valence-corrected chi connectivity index (χ2v) is 7.12. The summed E-state index contributed by atoms with van der Waals surface area (Å²) in [6.45, 7) is 4.10. The highest BCUT2D eigenvalue weighted by molar-refractivity contribution is 6.31. The molecule has 0 saturated carbocycles. The number of rotatable bonds is 7. The zero-order valence-corrected chi connectivity index (χ0v) is 15.6. The molecular weight excluding hydrogens is 340 g/mol. The van der Waals surface area contributed by atoms with Crippen molar-refractivity contribution in [3.8, 4) is 17.0 Å². The Balaban J connectivity index is 1.51. The average Bonchev–Trinajstić information content (AvgIpc) is 3.11. The van der Waals surface area contributed by atoms with Crippen molar-refractivity contribution in [2.24, 2.45) is 7.05 Å². The summed E-state index contributed by atoms with van der Waals surface area (Å²) in [6.07, 6.45) is 7.12. The Labute approximate surface area is 153 Å². The standard InChI is InChI=1S/C18H27ClN4O2/c1-3-4-12-5-6-13(10-21-12)20-8-7-14-9-15(18(19)25-14)17-16(24)11-22-23(17)2/h9,11-13,20-21,24H,3-8,10H2,1-2H3. The van der Waals surface area contributed by atoms with Crippen LogP contribution in [0.5, 0.6) is 5.75 Å². The SMILES string of the molecule is CCCC1CCC(NCCc2cc(-c3c(O)cnn3C)c(Cl)o2)CN1. The number of furan rings is 1. The van der Waals surface area contributed by atoms with Crippen molar-refractivity contribution in [3.05, 3.63) is 23.2 Å². The van der Waals surface area contributed by atoms with E-state index in [1.807, 2.05) is 6.07 Å². The number of nitrogens with one attached hydrogen (secondary N) is 2. The molecule has 138 valence electrons. The number of hydrogen-bond acceptors (Lipinski definition) is 5. The normalized spacial score (nSPS) is 20.9. The van der Waals surface area contributed by atoms with Crippen LogP contribution in [0.3, 0.4) is 0 Å². The van der Waals surface area contributed by atoms with Gasteiger partial charge >= 0.3 is 0 Å². The summed E-state index contributed by atoms with van der Waals surface area (Å²) in [5, 5.41) is 21.4. The molecule has 3 N–H and O–H groups in total. The molecule has 2 aromatic heterocycles. The van der Waals surface area contributed by atoms with Crippen LogP contribution in [0.25, 0.3) is 11.3 Å². The van der Waals surface area contributed by atoms with Crippen molar-refractivity contribution in [2.75, 3.05) is 13.1 Å². The van der Waals surface area contributed by atoms with Crippen molar-refractivity contribution >= 4 is 11.6 Å².